The van der Waals surface area contributed by atoms with Crippen LogP contribution in [0, 0.1) is 5.41 Å². The molecule has 4 N–H and O–H groups in total. The monoisotopic (exact) mass is 277 g/mol. The van der Waals surface area contributed by atoms with Crippen LogP contribution in [0.3, 0.4) is 0 Å². The Morgan fingerprint density at radius 2 is 2.22 bits per heavy atom. The van der Waals surface area contributed by atoms with Crippen LogP contribution in [0.1, 0.15) is 32.6 Å². The van der Waals surface area contributed by atoms with Crippen LogP contribution in [-0.2, 0) is 14.8 Å². The van der Waals surface area contributed by atoms with Crippen LogP contribution < -0.4 is 15.8 Å². The molecule has 0 radical (unpaired) electrons. The number of amides is 1. The third kappa shape index (κ3) is 4.55. The Hall–Kier alpha value is -0.660. The minimum Gasteiger partial charge on any atom is -0.356 e. The summed E-state index contributed by atoms with van der Waals surface area (Å²) in [5, 5.41) is 10.9. The van der Waals surface area contributed by atoms with Crippen LogP contribution in [0.15, 0.2) is 0 Å². The molecular formula is C11H23N3O3S. The summed E-state index contributed by atoms with van der Waals surface area (Å²) in [4.78, 5) is 12.1. The van der Waals surface area contributed by atoms with Crippen molar-refractivity contribution in [2.45, 2.75) is 32.6 Å². The number of hydrogen-bond donors (Lipinski definition) is 3. The van der Waals surface area contributed by atoms with Crippen molar-refractivity contribution in [1.29, 1.82) is 0 Å². The van der Waals surface area contributed by atoms with Crippen molar-refractivity contribution >= 4 is 15.9 Å². The first-order valence-corrected chi connectivity index (χ1v) is 8.11. The van der Waals surface area contributed by atoms with E-state index >= 15 is 0 Å². The lowest BCUT2D eigenvalue weighted by Crippen LogP contribution is -2.43. The van der Waals surface area contributed by atoms with Crippen molar-refractivity contribution in [2.24, 2.45) is 10.6 Å². The van der Waals surface area contributed by atoms with E-state index in [2.05, 4.69) is 17.6 Å². The number of nitrogens with one attached hydrogen (secondary N) is 2. The number of sulfonamides is 1. The van der Waals surface area contributed by atoms with E-state index in [4.69, 9.17) is 5.14 Å². The van der Waals surface area contributed by atoms with Crippen LogP contribution >= 0.6 is 0 Å². The molecule has 0 aliphatic carbocycles. The third-order valence-corrected chi connectivity index (χ3v) is 4.20. The van der Waals surface area contributed by atoms with Gasteiger partial charge in [0.15, 0.2) is 0 Å². The van der Waals surface area contributed by atoms with Crippen LogP contribution in [0.2, 0.25) is 0 Å². The van der Waals surface area contributed by atoms with Crippen molar-refractivity contribution in [3.05, 3.63) is 0 Å². The third-order valence-electron chi connectivity index (χ3n) is 3.35. The van der Waals surface area contributed by atoms with Crippen molar-refractivity contribution < 1.29 is 13.2 Å². The minimum absolute atomic E-state index is 0.0313. The van der Waals surface area contributed by atoms with Crippen molar-refractivity contribution in [1.82, 2.24) is 10.6 Å². The first-order chi connectivity index (χ1) is 8.40. The molecule has 1 aliphatic rings. The van der Waals surface area contributed by atoms with E-state index < -0.39 is 10.0 Å². The van der Waals surface area contributed by atoms with Gasteiger partial charge in [0.25, 0.3) is 0 Å². The van der Waals surface area contributed by atoms with Crippen molar-refractivity contribution in [3.8, 4) is 0 Å². The zero-order valence-corrected chi connectivity index (χ0v) is 11.7. The maximum absolute atomic E-state index is 12.1. The van der Waals surface area contributed by atoms with Crippen LogP contribution in [-0.4, -0.2) is 39.7 Å². The summed E-state index contributed by atoms with van der Waals surface area (Å²) in [6.45, 7) is 4.00. The van der Waals surface area contributed by atoms with Gasteiger partial charge in [-0.2, -0.15) is 0 Å². The predicted molar refractivity (Wildman–Crippen MR) is 70.4 cm³/mol. The summed E-state index contributed by atoms with van der Waals surface area (Å²) >= 11 is 0. The van der Waals surface area contributed by atoms with Gasteiger partial charge in [0.2, 0.25) is 15.9 Å². The maximum Gasteiger partial charge on any atom is 0.227 e. The number of hydrogen-bond acceptors (Lipinski definition) is 4. The Bertz CT molecular complexity index is 375. The van der Waals surface area contributed by atoms with E-state index in [0.29, 0.717) is 19.5 Å². The molecule has 0 aromatic rings. The Morgan fingerprint density at radius 3 is 2.72 bits per heavy atom. The van der Waals surface area contributed by atoms with E-state index in [-0.39, 0.29) is 17.1 Å². The van der Waals surface area contributed by atoms with Gasteiger partial charge in [-0.1, -0.05) is 13.3 Å². The molecule has 0 aromatic heterocycles. The van der Waals surface area contributed by atoms with Crippen molar-refractivity contribution in [2.75, 3.05) is 25.4 Å². The Labute approximate surface area is 109 Å². The zero-order valence-electron chi connectivity index (χ0n) is 10.9. The molecule has 0 spiro atoms. The molecule has 1 unspecified atom stereocenters. The smallest absolute Gasteiger partial charge is 0.227 e. The first kappa shape index (κ1) is 15.4. The highest BCUT2D eigenvalue weighted by Gasteiger charge is 2.39. The van der Waals surface area contributed by atoms with E-state index in [1.54, 1.807) is 0 Å². The van der Waals surface area contributed by atoms with Crippen LogP contribution in [0.5, 0.6) is 0 Å². The normalized spacial score (nSPS) is 24.1. The molecule has 7 heteroatoms. The van der Waals surface area contributed by atoms with Gasteiger partial charge in [0.05, 0.1) is 11.2 Å². The number of rotatable bonds is 7. The summed E-state index contributed by atoms with van der Waals surface area (Å²) in [7, 11) is -3.43. The maximum atomic E-state index is 12.1. The topological polar surface area (TPSA) is 101 Å². The molecule has 6 nitrogen and oxygen atoms in total. The molecule has 1 rings (SSSR count). The average Bonchev–Trinajstić information content (AvgIpc) is 2.73. The highest BCUT2D eigenvalue weighted by atomic mass is 32.2. The highest BCUT2D eigenvalue weighted by molar-refractivity contribution is 7.89. The van der Waals surface area contributed by atoms with Gasteiger partial charge in [-0.05, 0) is 25.8 Å². The van der Waals surface area contributed by atoms with Crippen LogP contribution in [0.4, 0.5) is 0 Å². The quantitative estimate of drug-likeness (QED) is 0.549. The van der Waals surface area contributed by atoms with Gasteiger partial charge in [-0.3, -0.25) is 4.79 Å². The lowest BCUT2D eigenvalue weighted by molar-refractivity contribution is -0.130. The molecule has 0 aromatic carbocycles. The fraction of sp³-hybridized carbons (Fsp3) is 0.909. The standard InChI is InChI=1S/C11H23N3O3S/c1-2-4-11(5-7-13-9-11)10(15)14-6-3-8-18(12,16)17/h13H,2-9H2,1H3,(H,14,15)(H2,12,16,17). The lowest BCUT2D eigenvalue weighted by Gasteiger charge is -2.26. The Morgan fingerprint density at radius 1 is 1.50 bits per heavy atom. The molecule has 0 saturated carbocycles. The van der Waals surface area contributed by atoms with E-state index in [1.807, 2.05) is 0 Å². The summed E-state index contributed by atoms with van der Waals surface area (Å²) in [6.07, 6.45) is 3.04. The molecule has 1 atom stereocenters. The molecule has 1 aliphatic heterocycles. The van der Waals surface area contributed by atoms with E-state index in [9.17, 15) is 13.2 Å². The van der Waals surface area contributed by atoms with Gasteiger partial charge in [-0.25, -0.2) is 13.6 Å². The molecule has 1 heterocycles. The highest BCUT2D eigenvalue weighted by Crippen LogP contribution is 2.31. The van der Waals surface area contributed by atoms with Gasteiger partial charge in [-0.15, -0.1) is 0 Å². The molecule has 0 bridgehead atoms. The zero-order chi connectivity index (χ0) is 13.6. The first-order valence-electron chi connectivity index (χ1n) is 6.39. The number of carbonyl (C=O) groups excluding carboxylic acids is 1. The number of nitrogens with two attached hydrogens (primary N) is 1. The second-order valence-electron chi connectivity index (χ2n) is 4.93. The number of carbonyl (C=O) groups is 1. The minimum atomic E-state index is -3.43. The largest absolute Gasteiger partial charge is 0.356 e. The van der Waals surface area contributed by atoms with E-state index in [0.717, 1.165) is 25.8 Å². The number of primary sulfonamides is 1. The second-order valence-corrected chi connectivity index (χ2v) is 6.67. The molecular weight excluding hydrogens is 254 g/mol. The molecule has 1 fully saturated rings. The summed E-state index contributed by atoms with van der Waals surface area (Å²) in [5.41, 5.74) is -0.309. The molecule has 18 heavy (non-hydrogen) atoms. The summed E-state index contributed by atoms with van der Waals surface area (Å²) in [5.74, 6) is -0.0597. The van der Waals surface area contributed by atoms with Crippen molar-refractivity contribution in [3.63, 3.8) is 0 Å². The lowest BCUT2D eigenvalue weighted by atomic mass is 9.81. The fourth-order valence-corrected chi connectivity index (χ4v) is 2.95. The van der Waals surface area contributed by atoms with Gasteiger partial charge < -0.3 is 10.6 Å². The fourth-order valence-electron chi connectivity index (χ4n) is 2.41. The molecule has 106 valence electrons. The van der Waals surface area contributed by atoms with E-state index in [1.165, 1.54) is 0 Å². The Balaban J connectivity index is 2.39. The Kier molecular flexibility index (Phi) is 5.55. The SMILES string of the molecule is CCCC1(C(=O)NCCCS(N)(=O)=O)CCNC1. The molecule has 1 amide bonds. The second kappa shape index (κ2) is 6.49. The van der Waals surface area contributed by atoms with Gasteiger partial charge >= 0.3 is 0 Å². The molecule has 1 saturated heterocycles. The average molecular weight is 277 g/mol. The van der Waals surface area contributed by atoms with Gasteiger partial charge in [0.1, 0.15) is 0 Å². The van der Waals surface area contributed by atoms with Gasteiger partial charge in [0, 0.05) is 13.1 Å². The van der Waals surface area contributed by atoms with Crippen LogP contribution in [0.25, 0.3) is 0 Å². The summed E-state index contributed by atoms with van der Waals surface area (Å²) in [6, 6.07) is 0. The predicted octanol–water partition coefficient (Wildman–Crippen LogP) is -0.439. The summed E-state index contributed by atoms with van der Waals surface area (Å²) < 4.78 is 21.5.